The van der Waals surface area contributed by atoms with Crippen LogP contribution in [0.25, 0.3) is 0 Å². The lowest BCUT2D eigenvalue weighted by Gasteiger charge is -2.26. The molecule has 0 fully saturated rings. The molecule has 88 valence electrons. The van der Waals surface area contributed by atoms with Gasteiger partial charge in [0.15, 0.2) is 0 Å². The molecule has 0 saturated carbocycles. The van der Waals surface area contributed by atoms with E-state index >= 15 is 0 Å². The third-order valence-corrected chi connectivity index (χ3v) is 2.29. The highest BCUT2D eigenvalue weighted by molar-refractivity contribution is 5.80. The average molecular weight is 223 g/mol. The number of carbonyl (C=O) groups is 1. The number of aliphatic hydroxyl groups is 2. The van der Waals surface area contributed by atoms with Crippen LogP contribution in [0.2, 0.25) is 0 Å². The van der Waals surface area contributed by atoms with Crippen LogP contribution in [-0.4, -0.2) is 33.4 Å². The van der Waals surface area contributed by atoms with Crippen molar-refractivity contribution in [1.29, 1.82) is 0 Å². The molecule has 2 unspecified atom stereocenters. The van der Waals surface area contributed by atoms with Crippen LogP contribution in [0.5, 0.6) is 0 Å². The zero-order chi connectivity index (χ0) is 12.1. The van der Waals surface area contributed by atoms with Gasteiger partial charge in [0, 0.05) is 6.54 Å². The molecule has 0 aliphatic carbocycles. The molecule has 0 heterocycles. The molecule has 0 aliphatic rings. The third-order valence-electron chi connectivity index (χ3n) is 2.29. The van der Waals surface area contributed by atoms with Gasteiger partial charge in [-0.15, -0.1) is 0 Å². The Hall–Kier alpha value is -1.39. The largest absolute Gasteiger partial charge is 0.384 e. The molecule has 2 atom stereocenters. The van der Waals surface area contributed by atoms with Gasteiger partial charge in [0.2, 0.25) is 0 Å². The van der Waals surface area contributed by atoms with Crippen LogP contribution in [0.1, 0.15) is 19.4 Å². The van der Waals surface area contributed by atoms with E-state index in [0.717, 1.165) is 5.56 Å². The van der Waals surface area contributed by atoms with Gasteiger partial charge in [-0.3, -0.25) is 4.79 Å². The quantitative estimate of drug-likeness (QED) is 0.740. The van der Waals surface area contributed by atoms with Gasteiger partial charge in [-0.25, -0.2) is 0 Å². The Morgan fingerprint density at radius 3 is 2.25 bits per heavy atom. The summed E-state index contributed by atoms with van der Waals surface area (Å²) in [4.78, 5) is 12.8. The van der Waals surface area contributed by atoms with Crippen LogP contribution in [0, 0.1) is 0 Å². The van der Waals surface area contributed by atoms with Crippen LogP contribution in [-0.2, 0) is 11.3 Å². The second kappa shape index (κ2) is 5.63. The van der Waals surface area contributed by atoms with Crippen LogP contribution in [0.15, 0.2) is 30.3 Å². The van der Waals surface area contributed by atoms with Crippen molar-refractivity contribution in [1.82, 2.24) is 4.90 Å². The van der Waals surface area contributed by atoms with Crippen molar-refractivity contribution in [3.63, 3.8) is 0 Å². The molecule has 2 N–H and O–H groups in total. The van der Waals surface area contributed by atoms with Crippen molar-refractivity contribution in [3.8, 4) is 0 Å². The van der Waals surface area contributed by atoms with Crippen LogP contribution >= 0.6 is 0 Å². The molecule has 1 aromatic rings. The van der Waals surface area contributed by atoms with Crippen molar-refractivity contribution in [3.05, 3.63) is 35.9 Å². The normalized spacial score (nSPS) is 14.2. The van der Waals surface area contributed by atoms with Gasteiger partial charge in [-0.2, -0.15) is 0 Å². The van der Waals surface area contributed by atoms with E-state index in [1.165, 1.54) is 18.7 Å². The van der Waals surface area contributed by atoms with Gasteiger partial charge in [0.25, 0.3) is 5.91 Å². The number of hydrogen-bond donors (Lipinski definition) is 2. The lowest BCUT2D eigenvalue weighted by Crippen LogP contribution is -2.42. The monoisotopic (exact) mass is 223 g/mol. The molecule has 4 heteroatoms. The zero-order valence-corrected chi connectivity index (χ0v) is 9.50. The van der Waals surface area contributed by atoms with E-state index in [1.54, 1.807) is 0 Å². The minimum atomic E-state index is -1.10. The summed E-state index contributed by atoms with van der Waals surface area (Å²) < 4.78 is 0. The highest BCUT2D eigenvalue weighted by Gasteiger charge is 2.22. The fraction of sp³-hybridized carbons (Fsp3) is 0.417. The van der Waals surface area contributed by atoms with Crippen molar-refractivity contribution in [2.45, 2.75) is 32.7 Å². The third kappa shape index (κ3) is 3.32. The number of amides is 1. The summed E-state index contributed by atoms with van der Waals surface area (Å²) in [5.41, 5.74) is 0.914. The number of hydrogen-bond acceptors (Lipinski definition) is 3. The summed E-state index contributed by atoms with van der Waals surface area (Å²) >= 11 is 0. The minimum Gasteiger partial charge on any atom is -0.384 e. The molecular formula is C12H17NO3. The van der Waals surface area contributed by atoms with E-state index in [2.05, 4.69) is 0 Å². The van der Waals surface area contributed by atoms with Crippen molar-refractivity contribution >= 4 is 5.91 Å². The first-order valence-electron chi connectivity index (χ1n) is 5.23. The molecule has 1 aromatic carbocycles. The number of aliphatic hydroxyl groups excluding tert-OH is 2. The first-order chi connectivity index (χ1) is 7.52. The fourth-order valence-electron chi connectivity index (χ4n) is 1.41. The summed E-state index contributed by atoms with van der Waals surface area (Å²) in [7, 11) is 0. The molecule has 0 aromatic heterocycles. The molecule has 1 amide bonds. The number of carbonyl (C=O) groups excluding carboxylic acids is 1. The summed E-state index contributed by atoms with van der Waals surface area (Å²) in [5.74, 6) is -0.473. The predicted molar refractivity (Wildman–Crippen MR) is 60.4 cm³/mol. The van der Waals surface area contributed by atoms with Crippen molar-refractivity contribution in [2.24, 2.45) is 0 Å². The Kier molecular flexibility index (Phi) is 4.46. The molecule has 0 radical (unpaired) electrons. The van der Waals surface area contributed by atoms with Crippen LogP contribution < -0.4 is 0 Å². The smallest absolute Gasteiger partial charge is 0.253 e. The summed E-state index contributed by atoms with van der Waals surface area (Å²) in [6, 6.07) is 9.34. The lowest BCUT2D eigenvalue weighted by molar-refractivity contribution is -0.149. The first-order valence-corrected chi connectivity index (χ1v) is 5.23. The van der Waals surface area contributed by atoms with E-state index in [9.17, 15) is 15.0 Å². The van der Waals surface area contributed by atoms with E-state index in [4.69, 9.17) is 0 Å². The van der Waals surface area contributed by atoms with Crippen LogP contribution in [0.4, 0.5) is 0 Å². The summed E-state index contributed by atoms with van der Waals surface area (Å²) in [6.45, 7) is 3.19. The molecule has 0 saturated heterocycles. The maximum atomic E-state index is 11.6. The SMILES string of the molecule is CC(O)C(=O)N(Cc1ccccc1)C(C)O. The van der Waals surface area contributed by atoms with Gasteiger partial charge >= 0.3 is 0 Å². The van der Waals surface area contributed by atoms with Gasteiger partial charge in [0.05, 0.1) is 0 Å². The summed E-state index contributed by atoms with van der Waals surface area (Å²) in [5, 5.41) is 18.7. The molecule has 0 bridgehead atoms. The van der Waals surface area contributed by atoms with Gasteiger partial charge in [0.1, 0.15) is 12.3 Å². The van der Waals surface area contributed by atoms with Crippen molar-refractivity contribution in [2.75, 3.05) is 0 Å². The Labute approximate surface area is 95.1 Å². The van der Waals surface area contributed by atoms with Crippen LogP contribution in [0.3, 0.4) is 0 Å². The first kappa shape index (κ1) is 12.7. The molecule has 0 aliphatic heterocycles. The highest BCUT2D eigenvalue weighted by atomic mass is 16.3. The fourth-order valence-corrected chi connectivity index (χ4v) is 1.41. The number of nitrogens with zero attached hydrogens (tertiary/aromatic N) is 1. The van der Waals surface area contributed by atoms with Gasteiger partial charge in [-0.1, -0.05) is 30.3 Å². The van der Waals surface area contributed by atoms with E-state index in [-0.39, 0.29) is 0 Å². The lowest BCUT2D eigenvalue weighted by atomic mass is 10.2. The Bertz CT molecular complexity index is 335. The van der Waals surface area contributed by atoms with Gasteiger partial charge in [-0.05, 0) is 19.4 Å². The zero-order valence-electron chi connectivity index (χ0n) is 9.50. The van der Waals surface area contributed by atoms with E-state index < -0.39 is 18.2 Å². The van der Waals surface area contributed by atoms with Gasteiger partial charge < -0.3 is 15.1 Å². The Morgan fingerprint density at radius 2 is 1.81 bits per heavy atom. The molecule has 1 rings (SSSR count). The maximum Gasteiger partial charge on any atom is 0.253 e. The van der Waals surface area contributed by atoms with E-state index in [1.807, 2.05) is 30.3 Å². The van der Waals surface area contributed by atoms with Crippen molar-refractivity contribution < 1.29 is 15.0 Å². The number of benzene rings is 1. The topological polar surface area (TPSA) is 60.8 Å². The predicted octanol–water partition coefficient (Wildman–Crippen LogP) is 0.734. The second-order valence-corrected chi connectivity index (χ2v) is 3.76. The summed E-state index contributed by atoms with van der Waals surface area (Å²) in [6.07, 6.45) is -2.01. The molecular weight excluding hydrogens is 206 g/mol. The molecule has 0 spiro atoms. The molecule has 16 heavy (non-hydrogen) atoms. The Balaban J connectivity index is 2.77. The van der Waals surface area contributed by atoms with E-state index in [0.29, 0.717) is 6.54 Å². The minimum absolute atomic E-state index is 0.294. The number of rotatable bonds is 4. The second-order valence-electron chi connectivity index (χ2n) is 3.76. The standard InChI is InChI=1S/C12H17NO3/c1-9(14)12(16)13(10(2)15)8-11-6-4-3-5-7-11/h3-7,9-10,14-15H,8H2,1-2H3. The highest BCUT2D eigenvalue weighted by Crippen LogP contribution is 2.08. The Morgan fingerprint density at radius 1 is 1.25 bits per heavy atom. The average Bonchev–Trinajstić information content (AvgIpc) is 2.26. The molecule has 4 nitrogen and oxygen atoms in total. The maximum absolute atomic E-state index is 11.6.